The van der Waals surface area contributed by atoms with Crippen LogP contribution in [0, 0.1) is 57.6 Å². The molecule has 0 aromatic rings. The van der Waals surface area contributed by atoms with Crippen molar-refractivity contribution in [1.82, 2.24) is 0 Å². The Hall–Kier alpha value is -0.888. The van der Waals surface area contributed by atoms with Crippen LogP contribution in [0.2, 0.25) is 0 Å². The number of hydrogen-bond acceptors (Lipinski definition) is 10. The summed E-state index contributed by atoms with van der Waals surface area (Å²) >= 11 is 0. The molecule has 0 aliphatic heterocycles. The van der Waals surface area contributed by atoms with Crippen LogP contribution < -0.4 is 76.9 Å². The largest absolute Gasteiger partial charge is 2.00 e. The molecule has 0 N–H and O–H groups in total. The monoisotopic (exact) mass is 364 g/mol. The second-order valence-corrected chi connectivity index (χ2v) is 0.456. The standard InChI is InChI=1S/5CHNO.Co.Fe.K/c5*2-1-3;;;/h5*3H;;;/q;;;;;2*+2;+1/p-5. The van der Waals surface area contributed by atoms with E-state index in [0.29, 0.717) is 31.3 Å². The Morgan fingerprint density at radius 1 is 0.500 bits per heavy atom. The summed E-state index contributed by atoms with van der Waals surface area (Å²) in [5.41, 5.74) is 0. The van der Waals surface area contributed by atoms with Crippen LogP contribution in [-0.2, 0) is 33.8 Å². The third-order valence-corrected chi connectivity index (χ3v) is 0. The van der Waals surface area contributed by atoms with Crippen molar-refractivity contribution in [2.45, 2.75) is 0 Å². The molecule has 10 nitrogen and oxygen atoms in total. The van der Waals surface area contributed by atoms with Gasteiger partial charge in [-0.2, -0.15) is 0 Å². The molecule has 0 fully saturated rings. The topological polar surface area (TPSA) is 234 Å². The molecule has 0 bridgehead atoms. The van der Waals surface area contributed by atoms with Crippen molar-refractivity contribution in [3.8, 4) is 31.3 Å². The SMILES string of the molecule is N#C[O-].N#C[O-].N#C[O-].N#C[O-].N#C[O-].[Co+2].[Fe+2].[K+]. The van der Waals surface area contributed by atoms with Crippen molar-refractivity contribution in [3.63, 3.8) is 0 Å². The first-order valence-corrected chi connectivity index (χ1v) is 2.14. The van der Waals surface area contributed by atoms with Gasteiger partial charge in [0.15, 0.2) is 0 Å². The molecule has 0 heterocycles. The van der Waals surface area contributed by atoms with Gasteiger partial charge in [0, 0.05) is 31.3 Å². The first-order valence-electron chi connectivity index (χ1n) is 2.14. The van der Waals surface area contributed by atoms with Gasteiger partial charge in [-0.05, 0) is 0 Å². The molecule has 0 unspecified atom stereocenters. The van der Waals surface area contributed by atoms with E-state index in [0.717, 1.165) is 0 Å². The molecule has 0 atom stereocenters. The fraction of sp³-hybridized carbons (Fsp3) is 0. The molecular weight excluding hydrogens is 364 g/mol. The van der Waals surface area contributed by atoms with Crippen LogP contribution in [0.5, 0.6) is 0 Å². The van der Waals surface area contributed by atoms with Crippen LogP contribution in [0.15, 0.2) is 0 Å². The summed E-state index contributed by atoms with van der Waals surface area (Å²) in [5.74, 6) is 0. The third kappa shape index (κ3) is 3820. The zero-order valence-corrected chi connectivity index (χ0v) is 13.7. The first kappa shape index (κ1) is 53.5. The van der Waals surface area contributed by atoms with E-state index >= 15 is 0 Å². The summed E-state index contributed by atoms with van der Waals surface area (Å²) < 4.78 is 0. The van der Waals surface area contributed by atoms with Crippen LogP contribution in [0.4, 0.5) is 0 Å². The van der Waals surface area contributed by atoms with Gasteiger partial charge < -0.3 is 25.5 Å². The van der Waals surface area contributed by atoms with E-state index in [-0.39, 0.29) is 85.2 Å². The van der Waals surface area contributed by atoms with Crippen molar-refractivity contribution >= 4 is 0 Å². The van der Waals surface area contributed by atoms with Gasteiger partial charge in [0.05, 0.1) is 0 Å². The summed E-state index contributed by atoms with van der Waals surface area (Å²) in [7, 11) is 0. The Kier molecular flexibility index (Phi) is 647. The maximum Gasteiger partial charge on any atom is 2.00 e. The van der Waals surface area contributed by atoms with Gasteiger partial charge in [0.2, 0.25) is 0 Å². The van der Waals surface area contributed by atoms with Crippen molar-refractivity contribution in [2.75, 3.05) is 0 Å². The van der Waals surface area contributed by atoms with Gasteiger partial charge >= 0.3 is 85.2 Å². The molecule has 0 rings (SSSR count). The predicted octanol–water partition coefficient (Wildman–Crippen LogP) is -8.86. The molecule has 0 aromatic carbocycles. The minimum atomic E-state index is 0. The zero-order valence-electron chi connectivity index (χ0n) is 8.46. The second kappa shape index (κ2) is 218. The minimum absolute atomic E-state index is 0. The summed E-state index contributed by atoms with van der Waals surface area (Å²) in [6.45, 7) is 0. The van der Waals surface area contributed by atoms with Gasteiger partial charge in [0.25, 0.3) is 0 Å². The molecule has 0 saturated carbocycles. The Morgan fingerprint density at radius 2 is 0.500 bits per heavy atom. The van der Waals surface area contributed by atoms with Gasteiger partial charge in [-0.25, -0.2) is 26.3 Å². The zero-order chi connectivity index (χ0) is 13.5. The van der Waals surface area contributed by atoms with Crippen LogP contribution in [0.25, 0.3) is 0 Å². The Bertz CT molecular complexity index is 217. The van der Waals surface area contributed by atoms with Gasteiger partial charge in [-0.3, -0.25) is 0 Å². The Labute approximate surface area is 166 Å². The molecular formula is C5CoFeKN5O5. The molecule has 0 aliphatic rings. The van der Waals surface area contributed by atoms with E-state index in [1.54, 1.807) is 0 Å². The van der Waals surface area contributed by atoms with Gasteiger partial charge in [-0.1, -0.05) is 0 Å². The molecule has 1 radical (unpaired) electrons. The Balaban J connectivity index is -0.0000000111. The van der Waals surface area contributed by atoms with Crippen LogP contribution in [-0.4, -0.2) is 0 Å². The second-order valence-electron chi connectivity index (χ2n) is 0.456. The molecule has 18 heavy (non-hydrogen) atoms. The van der Waals surface area contributed by atoms with E-state index in [1.165, 1.54) is 0 Å². The summed E-state index contributed by atoms with van der Waals surface area (Å²) in [5, 5.41) is 75.0. The van der Waals surface area contributed by atoms with Crippen molar-refractivity contribution in [2.24, 2.45) is 0 Å². The third-order valence-electron chi connectivity index (χ3n) is 0. The van der Waals surface area contributed by atoms with Crippen molar-refractivity contribution in [1.29, 1.82) is 26.3 Å². The van der Waals surface area contributed by atoms with Crippen molar-refractivity contribution < 1.29 is 111 Å². The van der Waals surface area contributed by atoms with E-state index in [4.69, 9.17) is 51.8 Å². The maximum atomic E-state index is 8.24. The quantitative estimate of drug-likeness (QED) is 0.290. The van der Waals surface area contributed by atoms with E-state index < -0.39 is 0 Å². The van der Waals surface area contributed by atoms with Crippen LogP contribution >= 0.6 is 0 Å². The summed E-state index contributed by atoms with van der Waals surface area (Å²) in [4.78, 5) is 0. The maximum absolute atomic E-state index is 8.24. The van der Waals surface area contributed by atoms with E-state index in [1.807, 2.05) is 0 Å². The smallest absolute Gasteiger partial charge is 0.812 e. The first-order chi connectivity index (χ1) is 7.07. The van der Waals surface area contributed by atoms with E-state index in [2.05, 4.69) is 0 Å². The average molecular weight is 364 g/mol. The van der Waals surface area contributed by atoms with Crippen LogP contribution in [0.3, 0.4) is 0 Å². The molecule has 0 amide bonds. The predicted molar refractivity (Wildman–Crippen MR) is 28.1 cm³/mol. The molecule has 0 saturated heterocycles. The fourth-order valence-corrected chi connectivity index (χ4v) is 0. The fourth-order valence-electron chi connectivity index (χ4n) is 0. The number of hydrogen-bond donors (Lipinski definition) is 0. The van der Waals surface area contributed by atoms with E-state index in [9.17, 15) is 0 Å². The number of rotatable bonds is 0. The number of nitrogens with zero attached hydrogens (tertiary/aromatic N) is 5. The number of nitriles is 5. The normalized spacial score (nSPS) is 1.94. The molecule has 0 aliphatic carbocycles. The van der Waals surface area contributed by atoms with Crippen LogP contribution in [0.1, 0.15) is 0 Å². The van der Waals surface area contributed by atoms with Gasteiger partial charge in [-0.15, -0.1) is 0 Å². The molecule has 13 heteroatoms. The van der Waals surface area contributed by atoms with Gasteiger partial charge in [0.1, 0.15) is 0 Å². The molecule has 0 aromatic heterocycles. The molecule has 0 spiro atoms. The Morgan fingerprint density at radius 3 is 0.500 bits per heavy atom. The summed E-state index contributed by atoms with van der Waals surface area (Å²) in [6.07, 6.45) is 2.50. The average Bonchev–Trinajstić information content (AvgIpc) is 2.09. The van der Waals surface area contributed by atoms with Crippen molar-refractivity contribution in [3.05, 3.63) is 0 Å². The minimum Gasteiger partial charge on any atom is -0.812 e. The summed E-state index contributed by atoms with van der Waals surface area (Å²) in [6, 6.07) is 0. The molecule has 93 valence electrons.